The summed E-state index contributed by atoms with van der Waals surface area (Å²) in [6.45, 7) is 3.17. The van der Waals surface area contributed by atoms with Crippen molar-refractivity contribution < 1.29 is 14.6 Å². The lowest BCUT2D eigenvalue weighted by atomic mass is 9.74. The summed E-state index contributed by atoms with van der Waals surface area (Å²) in [6.07, 6.45) is 10.8. The van der Waals surface area contributed by atoms with Crippen molar-refractivity contribution in [1.29, 1.82) is 0 Å². The molecule has 160 valence electrons. The van der Waals surface area contributed by atoms with E-state index in [0.717, 1.165) is 36.5 Å². The molecule has 0 spiro atoms. The molecule has 7 nitrogen and oxygen atoms in total. The maximum absolute atomic E-state index is 8.36. The highest BCUT2D eigenvalue weighted by Crippen LogP contribution is 2.44. The lowest BCUT2D eigenvalue weighted by Gasteiger charge is -2.55. The molecule has 0 saturated carbocycles. The number of ether oxygens (including phenoxy) is 1. The standard InChI is InChI=1S/C22H28N4O.CH2O2/c1-27-19-7-5-17(6-8-19)20-3-2-4-21-18-11-16(14-26(20)21)13-25(15-18)22-12-23-9-10-24-22;2-1-3/h5-10,12,16,18,20-21H,2-4,11,13-15H2,1H3;1H,(H,2,3)/t16-,18+,20+,21-;/m0./s1. The highest BCUT2D eigenvalue weighted by Gasteiger charge is 2.45. The zero-order chi connectivity index (χ0) is 20.9. The second-order valence-electron chi connectivity index (χ2n) is 8.42. The third-order valence-corrected chi connectivity index (χ3v) is 6.76. The molecule has 7 heteroatoms. The maximum atomic E-state index is 8.36. The molecule has 30 heavy (non-hydrogen) atoms. The van der Waals surface area contributed by atoms with Crippen molar-refractivity contribution in [3.05, 3.63) is 48.4 Å². The van der Waals surface area contributed by atoms with Gasteiger partial charge in [-0.25, -0.2) is 4.98 Å². The summed E-state index contributed by atoms with van der Waals surface area (Å²) < 4.78 is 5.35. The molecule has 2 aromatic rings. The Hall–Kier alpha value is -2.67. The minimum Gasteiger partial charge on any atom is -0.497 e. The molecule has 5 rings (SSSR count). The number of methoxy groups -OCH3 is 1. The van der Waals surface area contributed by atoms with Crippen LogP contribution in [0.1, 0.15) is 37.3 Å². The van der Waals surface area contributed by atoms with Crippen LogP contribution in [0.15, 0.2) is 42.9 Å². The van der Waals surface area contributed by atoms with E-state index in [4.69, 9.17) is 14.6 Å². The summed E-state index contributed by atoms with van der Waals surface area (Å²) in [6, 6.07) is 10.0. The number of nitrogens with zero attached hydrogens (tertiary/aromatic N) is 4. The first-order chi connectivity index (χ1) is 14.7. The fourth-order valence-corrected chi connectivity index (χ4v) is 5.63. The summed E-state index contributed by atoms with van der Waals surface area (Å²) in [4.78, 5) is 22.5. The molecular formula is C23H30N4O3. The van der Waals surface area contributed by atoms with E-state index in [1.165, 1.54) is 37.8 Å². The number of fused-ring (bicyclic) bond motifs is 4. The smallest absolute Gasteiger partial charge is 0.290 e. The van der Waals surface area contributed by atoms with E-state index >= 15 is 0 Å². The Bertz CT molecular complexity index is 817. The SMILES string of the molecule is COc1ccc([C@H]2CCC[C@H]3[C@@H]4C[C@@H](CN(c5cnccn5)C4)CN23)cc1.O=CO. The number of aromatic nitrogens is 2. The average molecular weight is 411 g/mol. The van der Waals surface area contributed by atoms with E-state index in [1.54, 1.807) is 13.3 Å². The van der Waals surface area contributed by atoms with E-state index in [0.29, 0.717) is 12.1 Å². The summed E-state index contributed by atoms with van der Waals surface area (Å²) >= 11 is 0. The first-order valence-electron chi connectivity index (χ1n) is 10.7. The molecule has 3 aliphatic heterocycles. The monoisotopic (exact) mass is 410 g/mol. The highest BCUT2D eigenvalue weighted by atomic mass is 16.5. The molecule has 0 amide bonds. The second-order valence-corrected chi connectivity index (χ2v) is 8.42. The Morgan fingerprint density at radius 1 is 1.13 bits per heavy atom. The number of carbonyl (C=O) groups is 1. The van der Waals surface area contributed by atoms with Gasteiger partial charge in [0.05, 0.1) is 13.3 Å². The van der Waals surface area contributed by atoms with Gasteiger partial charge in [-0.15, -0.1) is 0 Å². The number of hydrogen-bond acceptors (Lipinski definition) is 6. The van der Waals surface area contributed by atoms with Crippen LogP contribution in [0.25, 0.3) is 0 Å². The average Bonchev–Trinajstić information content (AvgIpc) is 2.80. The Kier molecular flexibility index (Phi) is 6.47. The second kappa shape index (κ2) is 9.43. The van der Waals surface area contributed by atoms with Crippen molar-refractivity contribution in [3.8, 4) is 5.75 Å². The van der Waals surface area contributed by atoms with Crippen molar-refractivity contribution in [2.75, 3.05) is 31.6 Å². The maximum Gasteiger partial charge on any atom is 0.290 e. The normalized spacial score (nSPS) is 28.0. The van der Waals surface area contributed by atoms with Gasteiger partial charge in [0.2, 0.25) is 0 Å². The van der Waals surface area contributed by atoms with Crippen LogP contribution in [0.4, 0.5) is 5.82 Å². The van der Waals surface area contributed by atoms with Crippen LogP contribution in [0.3, 0.4) is 0 Å². The highest BCUT2D eigenvalue weighted by molar-refractivity contribution is 5.37. The number of benzene rings is 1. The van der Waals surface area contributed by atoms with Gasteiger partial charge < -0.3 is 14.7 Å². The largest absolute Gasteiger partial charge is 0.497 e. The fourth-order valence-electron chi connectivity index (χ4n) is 5.63. The fraction of sp³-hybridized carbons (Fsp3) is 0.522. The van der Waals surface area contributed by atoms with Crippen LogP contribution >= 0.6 is 0 Å². The molecule has 4 heterocycles. The summed E-state index contributed by atoms with van der Waals surface area (Å²) in [5.74, 6) is 3.45. The van der Waals surface area contributed by atoms with Crippen LogP contribution in [0, 0.1) is 11.8 Å². The third-order valence-electron chi connectivity index (χ3n) is 6.76. The molecule has 4 atom stereocenters. The van der Waals surface area contributed by atoms with E-state index in [1.807, 2.05) is 12.4 Å². The Balaban J connectivity index is 0.000000687. The number of piperidine rings is 3. The van der Waals surface area contributed by atoms with Gasteiger partial charge in [0.25, 0.3) is 6.47 Å². The van der Waals surface area contributed by atoms with Gasteiger partial charge in [-0.2, -0.15) is 0 Å². The van der Waals surface area contributed by atoms with Crippen LogP contribution in [-0.2, 0) is 4.79 Å². The quantitative estimate of drug-likeness (QED) is 0.778. The molecule has 1 aromatic carbocycles. The topological polar surface area (TPSA) is 78.8 Å². The van der Waals surface area contributed by atoms with E-state index in [2.05, 4.69) is 44.0 Å². The number of rotatable bonds is 3. The van der Waals surface area contributed by atoms with E-state index in [9.17, 15) is 0 Å². The Morgan fingerprint density at radius 3 is 2.63 bits per heavy atom. The molecule has 3 saturated heterocycles. The molecule has 3 aliphatic rings. The van der Waals surface area contributed by atoms with Crippen molar-refractivity contribution >= 4 is 12.3 Å². The van der Waals surface area contributed by atoms with Gasteiger partial charge in [-0.3, -0.25) is 14.7 Å². The number of carboxylic acid groups (broad SMARTS) is 1. The minimum absolute atomic E-state index is 0.250. The van der Waals surface area contributed by atoms with Gasteiger partial charge in [0, 0.05) is 44.1 Å². The van der Waals surface area contributed by atoms with E-state index in [-0.39, 0.29) is 6.47 Å². The summed E-state index contributed by atoms with van der Waals surface area (Å²) in [5.41, 5.74) is 1.45. The van der Waals surface area contributed by atoms with Crippen molar-refractivity contribution in [3.63, 3.8) is 0 Å². The summed E-state index contributed by atoms with van der Waals surface area (Å²) in [5, 5.41) is 6.89. The first kappa shape index (κ1) is 20.6. The predicted molar refractivity (Wildman–Crippen MR) is 115 cm³/mol. The van der Waals surface area contributed by atoms with Gasteiger partial charge in [-0.05, 0) is 55.2 Å². The summed E-state index contributed by atoms with van der Waals surface area (Å²) in [7, 11) is 1.74. The Morgan fingerprint density at radius 2 is 1.93 bits per heavy atom. The van der Waals surface area contributed by atoms with Crippen LogP contribution in [0.2, 0.25) is 0 Å². The number of anilines is 1. The van der Waals surface area contributed by atoms with Gasteiger partial charge in [-0.1, -0.05) is 12.1 Å². The molecule has 0 unspecified atom stereocenters. The molecular weight excluding hydrogens is 380 g/mol. The van der Waals surface area contributed by atoms with Crippen LogP contribution < -0.4 is 9.64 Å². The van der Waals surface area contributed by atoms with Crippen molar-refractivity contribution in [1.82, 2.24) is 14.9 Å². The van der Waals surface area contributed by atoms with Gasteiger partial charge in [0.15, 0.2) is 0 Å². The molecule has 0 radical (unpaired) electrons. The first-order valence-corrected chi connectivity index (χ1v) is 10.7. The molecule has 1 N–H and O–H groups in total. The van der Waals surface area contributed by atoms with Crippen molar-refractivity contribution in [2.45, 2.75) is 37.8 Å². The predicted octanol–water partition coefficient (Wildman–Crippen LogP) is 3.24. The molecule has 3 fully saturated rings. The molecule has 2 bridgehead atoms. The van der Waals surface area contributed by atoms with E-state index < -0.39 is 0 Å². The van der Waals surface area contributed by atoms with Gasteiger partial charge in [0.1, 0.15) is 11.6 Å². The van der Waals surface area contributed by atoms with Crippen LogP contribution in [0.5, 0.6) is 5.75 Å². The van der Waals surface area contributed by atoms with Crippen molar-refractivity contribution in [2.24, 2.45) is 11.8 Å². The lowest BCUT2D eigenvalue weighted by Crippen LogP contribution is -2.59. The van der Waals surface area contributed by atoms with Gasteiger partial charge >= 0.3 is 0 Å². The molecule has 0 aliphatic carbocycles. The zero-order valence-corrected chi connectivity index (χ0v) is 17.4. The zero-order valence-electron chi connectivity index (χ0n) is 17.4. The molecule has 1 aromatic heterocycles. The number of hydrogen-bond donors (Lipinski definition) is 1. The lowest BCUT2D eigenvalue weighted by molar-refractivity contribution is -0.122. The minimum atomic E-state index is -0.250. The third kappa shape index (κ3) is 4.26. The Labute approximate surface area is 177 Å². The van der Waals surface area contributed by atoms with Crippen LogP contribution in [-0.4, -0.2) is 59.2 Å².